The summed E-state index contributed by atoms with van der Waals surface area (Å²) >= 11 is 0. The predicted molar refractivity (Wildman–Crippen MR) is 117 cm³/mol. The third-order valence-corrected chi connectivity index (χ3v) is 5.40. The van der Waals surface area contributed by atoms with E-state index < -0.39 is 6.04 Å². The van der Waals surface area contributed by atoms with Gasteiger partial charge in [0.15, 0.2) is 0 Å². The smallest absolute Gasteiger partial charge is 0.317 e. The van der Waals surface area contributed by atoms with Gasteiger partial charge >= 0.3 is 6.03 Å². The first-order chi connectivity index (χ1) is 14.7. The number of ether oxygens (including phenoxy) is 2. The Bertz CT molecular complexity index is 798. The van der Waals surface area contributed by atoms with E-state index in [1.165, 1.54) is 14.2 Å². The SMILES string of the molecule is CCNC(=O)N1CCN(C(=O)C(NC(=O)c2ccc(OC)cc2OC)C(C)C)CC1C. The second-order valence-electron chi connectivity index (χ2n) is 7.92. The van der Waals surface area contributed by atoms with Crippen molar-refractivity contribution in [2.24, 2.45) is 5.92 Å². The number of hydrogen-bond donors (Lipinski definition) is 2. The first-order valence-corrected chi connectivity index (χ1v) is 10.6. The zero-order valence-corrected chi connectivity index (χ0v) is 19.2. The van der Waals surface area contributed by atoms with Gasteiger partial charge in [0.05, 0.1) is 19.8 Å². The molecule has 0 radical (unpaired) electrons. The van der Waals surface area contributed by atoms with Crippen LogP contribution in [0.15, 0.2) is 18.2 Å². The highest BCUT2D eigenvalue weighted by atomic mass is 16.5. The number of rotatable bonds is 7. The van der Waals surface area contributed by atoms with Gasteiger partial charge in [0.1, 0.15) is 17.5 Å². The van der Waals surface area contributed by atoms with Crippen molar-refractivity contribution in [3.63, 3.8) is 0 Å². The lowest BCUT2D eigenvalue weighted by Gasteiger charge is -2.41. The van der Waals surface area contributed by atoms with Gasteiger partial charge in [-0.25, -0.2) is 4.79 Å². The molecule has 0 saturated carbocycles. The van der Waals surface area contributed by atoms with E-state index in [2.05, 4.69) is 10.6 Å². The molecule has 1 aromatic carbocycles. The summed E-state index contributed by atoms with van der Waals surface area (Å²) in [4.78, 5) is 41.8. The Balaban J connectivity index is 2.11. The van der Waals surface area contributed by atoms with Gasteiger partial charge in [-0.2, -0.15) is 0 Å². The van der Waals surface area contributed by atoms with Crippen molar-refractivity contribution in [1.29, 1.82) is 0 Å². The fraction of sp³-hybridized carbons (Fsp3) is 0.591. The molecule has 2 atom stereocenters. The van der Waals surface area contributed by atoms with Crippen LogP contribution in [0.4, 0.5) is 4.79 Å². The van der Waals surface area contributed by atoms with Crippen LogP contribution in [0.2, 0.25) is 0 Å². The van der Waals surface area contributed by atoms with E-state index in [0.29, 0.717) is 43.2 Å². The summed E-state index contributed by atoms with van der Waals surface area (Å²) in [7, 11) is 3.01. The number of amides is 4. The summed E-state index contributed by atoms with van der Waals surface area (Å²) in [5, 5.41) is 5.67. The number of carbonyl (C=O) groups excluding carboxylic acids is 3. The number of urea groups is 1. The summed E-state index contributed by atoms with van der Waals surface area (Å²) < 4.78 is 10.5. The minimum absolute atomic E-state index is 0.114. The van der Waals surface area contributed by atoms with Crippen molar-refractivity contribution in [2.75, 3.05) is 40.4 Å². The third kappa shape index (κ3) is 5.80. The van der Waals surface area contributed by atoms with Crippen molar-refractivity contribution in [3.05, 3.63) is 23.8 Å². The van der Waals surface area contributed by atoms with Crippen LogP contribution < -0.4 is 20.1 Å². The van der Waals surface area contributed by atoms with Crippen molar-refractivity contribution < 1.29 is 23.9 Å². The average molecular weight is 435 g/mol. The second kappa shape index (κ2) is 10.9. The Kier molecular flexibility index (Phi) is 8.53. The van der Waals surface area contributed by atoms with Gasteiger partial charge in [-0.05, 0) is 31.9 Å². The summed E-state index contributed by atoms with van der Waals surface area (Å²) in [6.07, 6.45) is 0. The fourth-order valence-electron chi connectivity index (χ4n) is 3.63. The highest BCUT2D eigenvalue weighted by molar-refractivity contribution is 6.00. The van der Waals surface area contributed by atoms with Gasteiger partial charge in [0.2, 0.25) is 5.91 Å². The molecule has 1 saturated heterocycles. The standard InChI is InChI=1S/C22H34N4O5/c1-7-23-22(29)26-11-10-25(13-15(26)4)21(28)19(14(2)3)24-20(27)17-9-8-16(30-5)12-18(17)31-6/h8-9,12,14-15,19H,7,10-11,13H2,1-6H3,(H,23,29)(H,24,27). The maximum Gasteiger partial charge on any atom is 0.317 e. The van der Waals surface area contributed by atoms with Gasteiger partial charge < -0.3 is 29.9 Å². The second-order valence-corrected chi connectivity index (χ2v) is 7.92. The first-order valence-electron chi connectivity index (χ1n) is 10.6. The molecule has 172 valence electrons. The number of piperazine rings is 1. The Hall–Kier alpha value is -2.97. The number of benzene rings is 1. The van der Waals surface area contributed by atoms with Crippen LogP contribution in [-0.2, 0) is 4.79 Å². The average Bonchev–Trinajstić information content (AvgIpc) is 2.76. The monoisotopic (exact) mass is 434 g/mol. The van der Waals surface area contributed by atoms with Crippen LogP contribution in [0.1, 0.15) is 38.1 Å². The maximum absolute atomic E-state index is 13.3. The summed E-state index contributed by atoms with van der Waals surface area (Å²) in [6.45, 7) is 9.41. The summed E-state index contributed by atoms with van der Waals surface area (Å²) in [6, 6.07) is 3.98. The predicted octanol–water partition coefficient (Wildman–Crippen LogP) is 1.72. The van der Waals surface area contributed by atoms with E-state index in [-0.39, 0.29) is 29.8 Å². The molecule has 0 bridgehead atoms. The van der Waals surface area contributed by atoms with Gasteiger partial charge in [0, 0.05) is 38.3 Å². The number of nitrogens with zero attached hydrogens (tertiary/aromatic N) is 2. The lowest BCUT2D eigenvalue weighted by atomic mass is 10.0. The highest BCUT2D eigenvalue weighted by Gasteiger charge is 2.35. The molecular weight excluding hydrogens is 400 g/mol. The highest BCUT2D eigenvalue weighted by Crippen LogP contribution is 2.25. The fourth-order valence-corrected chi connectivity index (χ4v) is 3.63. The molecule has 1 heterocycles. The Morgan fingerprint density at radius 1 is 1.16 bits per heavy atom. The van der Waals surface area contributed by atoms with Gasteiger partial charge in [-0.1, -0.05) is 13.8 Å². The van der Waals surface area contributed by atoms with Crippen LogP contribution >= 0.6 is 0 Å². The number of hydrogen-bond acceptors (Lipinski definition) is 5. The number of nitrogens with one attached hydrogen (secondary N) is 2. The molecule has 1 aliphatic heterocycles. The normalized spacial score (nSPS) is 17.2. The topological polar surface area (TPSA) is 100 Å². The largest absolute Gasteiger partial charge is 0.497 e. The van der Waals surface area contributed by atoms with Gasteiger partial charge in [-0.15, -0.1) is 0 Å². The Morgan fingerprint density at radius 2 is 1.87 bits per heavy atom. The van der Waals surface area contributed by atoms with Crippen LogP contribution in [0, 0.1) is 5.92 Å². The van der Waals surface area contributed by atoms with Crippen molar-refractivity contribution in [1.82, 2.24) is 20.4 Å². The van der Waals surface area contributed by atoms with Crippen LogP contribution in [-0.4, -0.2) is 80.1 Å². The molecule has 9 nitrogen and oxygen atoms in total. The summed E-state index contributed by atoms with van der Waals surface area (Å²) in [5.74, 6) is 0.288. The van der Waals surface area contributed by atoms with Gasteiger partial charge in [0.25, 0.3) is 5.91 Å². The zero-order chi connectivity index (χ0) is 23.1. The van der Waals surface area contributed by atoms with E-state index in [1.807, 2.05) is 27.7 Å². The lowest BCUT2D eigenvalue weighted by molar-refractivity contribution is -0.136. The first kappa shape index (κ1) is 24.3. The Morgan fingerprint density at radius 3 is 2.42 bits per heavy atom. The summed E-state index contributed by atoms with van der Waals surface area (Å²) in [5.41, 5.74) is 0.330. The molecule has 2 N–H and O–H groups in total. The molecular formula is C22H34N4O5. The number of methoxy groups -OCH3 is 2. The maximum atomic E-state index is 13.3. The molecule has 31 heavy (non-hydrogen) atoms. The molecule has 1 aromatic rings. The molecule has 2 unspecified atom stereocenters. The molecule has 4 amide bonds. The van der Waals surface area contributed by atoms with Crippen LogP contribution in [0.3, 0.4) is 0 Å². The molecule has 0 spiro atoms. The van der Waals surface area contributed by atoms with E-state index in [0.717, 1.165) is 0 Å². The third-order valence-electron chi connectivity index (χ3n) is 5.40. The Labute approximate surface area is 184 Å². The molecule has 0 aromatic heterocycles. The van der Waals surface area contributed by atoms with Crippen molar-refractivity contribution in [2.45, 2.75) is 39.8 Å². The lowest BCUT2D eigenvalue weighted by Crippen LogP contribution is -2.61. The van der Waals surface area contributed by atoms with Crippen molar-refractivity contribution in [3.8, 4) is 11.5 Å². The minimum Gasteiger partial charge on any atom is -0.497 e. The molecule has 0 aliphatic carbocycles. The van der Waals surface area contributed by atoms with Crippen LogP contribution in [0.25, 0.3) is 0 Å². The molecule has 1 fully saturated rings. The number of carbonyl (C=O) groups is 3. The van der Waals surface area contributed by atoms with E-state index in [1.54, 1.807) is 28.0 Å². The zero-order valence-electron chi connectivity index (χ0n) is 19.2. The minimum atomic E-state index is -0.692. The van der Waals surface area contributed by atoms with Gasteiger partial charge in [-0.3, -0.25) is 9.59 Å². The quantitative estimate of drug-likeness (QED) is 0.681. The van der Waals surface area contributed by atoms with E-state index in [9.17, 15) is 14.4 Å². The molecule has 2 rings (SSSR count). The van der Waals surface area contributed by atoms with E-state index >= 15 is 0 Å². The van der Waals surface area contributed by atoms with Crippen LogP contribution in [0.5, 0.6) is 11.5 Å². The molecule has 1 aliphatic rings. The van der Waals surface area contributed by atoms with Crippen molar-refractivity contribution >= 4 is 17.8 Å². The molecule has 9 heteroatoms. The van der Waals surface area contributed by atoms with E-state index in [4.69, 9.17) is 9.47 Å².